The molecule has 0 aliphatic heterocycles. The largest absolute Gasteiger partial charge is 0.356 e. The van der Waals surface area contributed by atoms with E-state index in [0.717, 1.165) is 11.4 Å². The molecule has 4 aromatic rings. The third kappa shape index (κ3) is 2.95. The molecule has 0 spiro atoms. The van der Waals surface area contributed by atoms with Gasteiger partial charge in [-0.15, -0.1) is 0 Å². The molecule has 0 aliphatic carbocycles. The third-order valence-corrected chi connectivity index (χ3v) is 4.01. The first-order chi connectivity index (χ1) is 11.4. The highest BCUT2D eigenvalue weighted by Crippen LogP contribution is 2.27. The topological polar surface area (TPSA) is 12.0 Å². The molecule has 0 amide bonds. The number of para-hydroxylation sites is 1. The Balaban J connectivity index is 1.72. The summed E-state index contributed by atoms with van der Waals surface area (Å²) in [5, 5.41) is 5.95. The number of nitrogens with one attached hydrogen (secondary N) is 1. The summed E-state index contributed by atoms with van der Waals surface area (Å²) in [5.41, 5.74) is 4.70. The second-order valence-corrected chi connectivity index (χ2v) is 5.63. The Bertz CT molecular complexity index is 928. The Morgan fingerprint density at radius 2 is 1.13 bits per heavy atom. The van der Waals surface area contributed by atoms with Crippen LogP contribution in [0.4, 0.5) is 11.4 Å². The van der Waals surface area contributed by atoms with Crippen LogP contribution in [0.5, 0.6) is 0 Å². The van der Waals surface area contributed by atoms with Gasteiger partial charge in [-0.2, -0.15) is 0 Å². The lowest BCUT2D eigenvalue weighted by molar-refractivity contribution is 1.57. The molecule has 23 heavy (non-hydrogen) atoms. The van der Waals surface area contributed by atoms with E-state index in [1.807, 2.05) is 24.3 Å². The molecule has 0 aromatic heterocycles. The van der Waals surface area contributed by atoms with Crippen molar-refractivity contribution in [2.45, 2.75) is 0 Å². The van der Waals surface area contributed by atoms with Crippen molar-refractivity contribution < 1.29 is 0 Å². The maximum atomic E-state index is 3.46. The SMILES string of the molecule is c1ccc(Nc2ccc3ccc(-c4ccccc4)cc3c2)cc1. The van der Waals surface area contributed by atoms with E-state index in [4.69, 9.17) is 0 Å². The molecule has 0 saturated heterocycles. The molecule has 0 bridgehead atoms. The van der Waals surface area contributed by atoms with Gasteiger partial charge in [0.25, 0.3) is 0 Å². The van der Waals surface area contributed by atoms with E-state index in [2.05, 4.69) is 78.1 Å². The van der Waals surface area contributed by atoms with E-state index in [0.29, 0.717) is 0 Å². The van der Waals surface area contributed by atoms with Gasteiger partial charge in [-0.25, -0.2) is 0 Å². The highest BCUT2D eigenvalue weighted by atomic mass is 14.9. The average molecular weight is 295 g/mol. The molecule has 1 N–H and O–H groups in total. The lowest BCUT2D eigenvalue weighted by Gasteiger charge is -2.09. The van der Waals surface area contributed by atoms with Crippen LogP contribution in [0, 0.1) is 0 Å². The summed E-state index contributed by atoms with van der Waals surface area (Å²) in [6.45, 7) is 0. The Labute approximate surface area is 136 Å². The van der Waals surface area contributed by atoms with Gasteiger partial charge in [0.2, 0.25) is 0 Å². The maximum absolute atomic E-state index is 3.46. The number of anilines is 2. The minimum atomic E-state index is 1.10. The third-order valence-electron chi connectivity index (χ3n) is 4.01. The molecule has 0 saturated carbocycles. The van der Waals surface area contributed by atoms with E-state index in [9.17, 15) is 0 Å². The molecular formula is C22H17N. The molecule has 4 rings (SSSR count). The minimum Gasteiger partial charge on any atom is -0.356 e. The monoisotopic (exact) mass is 295 g/mol. The fraction of sp³-hybridized carbons (Fsp3) is 0. The Kier molecular flexibility index (Phi) is 3.53. The summed E-state index contributed by atoms with van der Waals surface area (Å²) in [5.74, 6) is 0. The Morgan fingerprint density at radius 1 is 0.435 bits per heavy atom. The summed E-state index contributed by atoms with van der Waals surface area (Å²) < 4.78 is 0. The van der Waals surface area contributed by atoms with E-state index in [1.54, 1.807) is 0 Å². The second kappa shape index (κ2) is 5.98. The van der Waals surface area contributed by atoms with Crippen molar-refractivity contribution in [1.82, 2.24) is 0 Å². The lowest BCUT2D eigenvalue weighted by atomic mass is 10.0. The van der Waals surface area contributed by atoms with Gasteiger partial charge in [0.1, 0.15) is 0 Å². The quantitative estimate of drug-likeness (QED) is 0.471. The number of rotatable bonds is 3. The van der Waals surface area contributed by atoms with Gasteiger partial charge in [0, 0.05) is 11.4 Å². The number of hydrogen-bond donors (Lipinski definition) is 1. The number of benzene rings is 4. The van der Waals surface area contributed by atoms with Gasteiger partial charge >= 0.3 is 0 Å². The summed E-state index contributed by atoms with van der Waals surface area (Å²) in [7, 11) is 0. The van der Waals surface area contributed by atoms with E-state index >= 15 is 0 Å². The summed E-state index contributed by atoms with van der Waals surface area (Å²) in [6.07, 6.45) is 0. The van der Waals surface area contributed by atoms with Crippen molar-refractivity contribution >= 4 is 22.1 Å². The van der Waals surface area contributed by atoms with Crippen molar-refractivity contribution in [1.29, 1.82) is 0 Å². The Morgan fingerprint density at radius 3 is 1.91 bits per heavy atom. The highest BCUT2D eigenvalue weighted by Gasteiger charge is 2.01. The zero-order valence-corrected chi connectivity index (χ0v) is 12.7. The predicted octanol–water partition coefficient (Wildman–Crippen LogP) is 6.25. The van der Waals surface area contributed by atoms with Crippen LogP contribution in [0.2, 0.25) is 0 Å². The molecule has 110 valence electrons. The van der Waals surface area contributed by atoms with Crippen LogP contribution < -0.4 is 5.32 Å². The fourth-order valence-corrected chi connectivity index (χ4v) is 2.82. The smallest absolute Gasteiger partial charge is 0.0390 e. The van der Waals surface area contributed by atoms with Crippen LogP contribution >= 0.6 is 0 Å². The van der Waals surface area contributed by atoms with E-state index in [-0.39, 0.29) is 0 Å². The predicted molar refractivity (Wildman–Crippen MR) is 99.1 cm³/mol. The van der Waals surface area contributed by atoms with Gasteiger partial charge in [0.05, 0.1) is 0 Å². The standard InChI is InChI=1S/C22H17N/c1-3-7-17(8-4-1)19-12-11-18-13-14-22(16-20(18)15-19)23-21-9-5-2-6-10-21/h1-16,23H. The van der Waals surface area contributed by atoms with Crippen LogP contribution in [0.3, 0.4) is 0 Å². The summed E-state index contributed by atoms with van der Waals surface area (Å²) in [4.78, 5) is 0. The van der Waals surface area contributed by atoms with Crippen LogP contribution in [0.1, 0.15) is 0 Å². The molecule has 1 nitrogen and oxygen atoms in total. The van der Waals surface area contributed by atoms with Gasteiger partial charge < -0.3 is 5.32 Å². The molecule has 0 aliphatic rings. The molecule has 0 radical (unpaired) electrons. The van der Waals surface area contributed by atoms with Crippen molar-refractivity contribution in [3.63, 3.8) is 0 Å². The highest BCUT2D eigenvalue weighted by molar-refractivity contribution is 5.90. The van der Waals surface area contributed by atoms with Crippen molar-refractivity contribution in [3.05, 3.63) is 97.1 Å². The lowest BCUT2D eigenvalue weighted by Crippen LogP contribution is -1.89. The average Bonchev–Trinajstić information content (AvgIpc) is 2.63. The molecule has 0 unspecified atom stereocenters. The minimum absolute atomic E-state index is 1.10. The van der Waals surface area contributed by atoms with Crippen molar-refractivity contribution in [2.24, 2.45) is 0 Å². The number of hydrogen-bond acceptors (Lipinski definition) is 1. The van der Waals surface area contributed by atoms with E-state index < -0.39 is 0 Å². The first-order valence-electron chi connectivity index (χ1n) is 7.80. The van der Waals surface area contributed by atoms with E-state index in [1.165, 1.54) is 21.9 Å². The number of fused-ring (bicyclic) bond motifs is 1. The van der Waals surface area contributed by atoms with Crippen molar-refractivity contribution in [2.75, 3.05) is 5.32 Å². The molecule has 1 heteroatoms. The van der Waals surface area contributed by atoms with Crippen LogP contribution in [-0.4, -0.2) is 0 Å². The van der Waals surface area contributed by atoms with Crippen LogP contribution in [-0.2, 0) is 0 Å². The second-order valence-electron chi connectivity index (χ2n) is 5.63. The molecular weight excluding hydrogens is 278 g/mol. The molecule has 0 fully saturated rings. The van der Waals surface area contributed by atoms with Gasteiger partial charge in [-0.1, -0.05) is 66.7 Å². The molecule has 4 aromatic carbocycles. The van der Waals surface area contributed by atoms with Crippen LogP contribution in [0.15, 0.2) is 97.1 Å². The van der Waals surface area contributed by atoms with Gasteiger partial charge in [0.15, 0.2) is 0 Å². The first kappa shape index (κ1) is 13.6. The first-order valence-corrected chi connectivity index (χ1v) is 7.80. The zero-order chi connectivity index (χ0) is 15.5. The van der Waals surface area contributed by atoms with Gasteiger partial charge in [-0.3, -0.25) is 0 Å². The maximum Gasteiger partial charge on any atom is 0.0390 e. The normalized spacial score (nSPS) is 10.6. The summed E-state index contributed by atoms with van der Waals surface area (Å²) >= 11 is 0. The van der Waals surface area contributed by atoms with Crippen LogP contribution in [0.25, 0.3) is 21.9 Å². The summed E-state index contributed by atoms with van der Waals surface area (Å²) in [6, 6.07) is 33.8. The Hall–Kier alpha value is -3.06. The molecule has 0 atom stereocenters. The van der Waals surface area contributed by atoms with Crippen molar-refractivity contribution in [3.8, 4) is 11.1 Å². The van der Waals surface area contributed by atoms with Gasteiger partial charge in [-0.05, 0) is 52.2 Å². The molecule has 0 heterocycles. The zero-order valence-electron chi connectivity index (χ0n) is 12.7. The fourth-order valence-electron chi connectivity index (χ4n) is 2.82.